The van der Waals surface area contributed by atoms with E-state index in [1.165, 1.54) is 0 Å². The van der Waals surface area contributed by atoms with Gasteiger partial charge in [-0.05, 0) is 23.8 Å². The van der Waals surface area contributed by atoms with Crippen LogP contribution < -0.4 is 5.73 Å². The number of halogens is 2. The lowest BCUT2D eigenvalue weighted by Crippen LogP contribution is -2.04. The Morgan fingerprint density at radius 1 is 1.05 bits per heavy atom. The predicted octanol–water partition coefficient (Wildman–Crippen LogP) is 3.87. The standard InChI is InChI=1S/C14H11Cl2NO2/c15-9-4-2-5-10(16)14(9)13-8(7-12(18)19)3-1-6-11(13)17/h1-6H,7,17H2,(H,18,19). The summed E-state index contributed by atoms with van der Waals surface area (Å²) < 4.78 is 0. The summed E-state index contributed by atoms with van der Waals surface area (Å²) in [4.78, 5) is 10.9. The van der Waals surface area contributed by atoms with Crippen LogP contribution in [0.25, 0.3) is 11.1 Å². The van der Waals surface area contributed by atoms with Crippen LogP contribution in [0.3, 0.4) is 0 Å². The molecule has 98 valence electrons. The average Bonchev–Trinajstić information content (AvgIpc) is 2.31. The van der Waals surface area contributed by atoms with Crippen molar-refractivity contribution in [1.29, 1.82) is 0 Å². The van der Waals surface area contributed by atoms with Crippen LogP contribution in [-0.4, -0.2) is 11.1 Å². The molecule has 0 saturated heterocycles. The van der Waals surface area contributed by atoms with E-state index in [2.05, 4.69) is 0 Å². The van der Waals surface area contributed by atoms with Gasteiger partial charge in [-0.15, -0.1) is 0 Å². The van der Waals surface area contributed by atoms with Gasteiger partial charge in [-0.2, -0.15) is 0 Å². The molecule has 0 aliphatic rings. The van der Waals surface area contributed by atoms with Crippen LogP contribution in [0.5, 0.6) is 0 Å². The van der Waals surface area contributed by atoms with Gasteiger partial charge in [-0.1, -0.05) is 41.4 Å². The number of hydrogen-bond donors (Lipinski definition) is 2. The highest BCUT2D eigenvalue weighted by molar-refractivity contribution is 6.39. The molecule has 19 heavy (non-hydrogen) atoms. The molecule has 0 atom stereocenters. The second-order valence-corrected chi connectivity index (χ2v) is 4.86. The summed E-state index contributed by atoms with van der Waals surface area (Å²) in [7, 11) is 0. The SMILES string of the molecule is Nc1cccc(CC(=O)O)c1-c1c(Cl)cccc1Cl. The topological polar surface area (TPSA) is 63.3 Å². The van der Waals surface area contributed by atoms with Gasteiger partial charge in [0, 0.05) is 26.9 Å². The molecule has 0 spiro atoms. The van der Waals surface area contributed by atoms with Gasteiger partial charge in [0.05, 0.1) is 6.42 Å². The van der Waals surface area contributed by atoms with Crippen molar-refractivity contribution < 1.29 is 9.90 Å². The van der Waals surface area contributed by atoms with Gasteiger partial charge in [0.2, 0.25) is 0 Å². The molecule has 0 radical (unpaired) electrons. The minimum atomic E-state index is -0.935. The second-order valence-electron chi connectivity index (χ2n) is 4.05. The van der Waals surface area contributed by atoms with E-state index in [0.717, 1.165) is 0 Å². The first kappa shape index (κ1) is 13.7. The number of hydrogen-bond acceptors (Lipinski definition) is 2. The van der Waals surface area contributed by atoms with E-state index < -0.39 is 5.97 Å². The Hall–Kier alpha value is -1.71. The normalized spacial score (nSPS) is 10.4. The Morgan fingerprint density at radius 2 is 1.63 bits per heavy atom. The Kier molecular flexibility index (Phi) is 3.98. The molecule has 0 fully saturated rings. The van der Waals surface area contributed by atoms with E-state index in [1.54, 1.807) is 36.4 Å². The number of anilines is 1. The van der Waals surface area contributed by atoms with Crippen LogP contribution in [0.1, 0.15) is 5.56 Å². The lowest BCUT2D eigenvalue weighted by Gasteiger charge is -2.14. The zero-order valence-corrected chi connectivity index (χ0v) is 11.4. The summed E-state index contributed by atoms with van der Waals surface area (Å²) in [6.45, 7) is 0. The van der Waals surface area contributed by atoms with Crippen LogP contribution in [0.4, 0.5) is 5.69 Å². The Bertz CT molecular complexity index is 621. The largest absolute Gasteiger partial charge is 0.481 e. The number of benzene rings is 2. The fourth-order valence-corrected chi connectivity index (χ4v) is 2.56. The van der Waals surface area contributed by atoms with E-state index in [0.29, 0.717) is 32.4 Å². The van der Waals surface area contributed by atoms with Gasteiger partial charge < -0.3 is 10.8 Å². The zero-order valence-electron chi connectivity index (χ0n) is 9.86. The van der Waals surface area contributed by atoms with Gasteiger partial charge in [-0.3, -0.25) is 4.79 Å². The fraction of sp³-hybridized carbons (Fsp3) is 0.0714. The lowest BCUT2D eigenvalue weighted by atomic mass is 9.96. The average molecular weight is 296 g/mol. The van der Waals surface area contributed by atoms with Gasteiger partial charge in [-0.25, -0.2) is 0 Å². The number of nitrogens with two attached hydrogens (primary N) is 1. The molecule has 0 aromatic heterocycles. The number of carboxylic acids is 1. The quantitative estimate of drug-likeness (QED) is 0.845. The third kappa shape index (κ3) is 2.83. The van der Waals surface area contributed by atoms with E-state index in [4.69, 9.17) is 34.0 Å². The number of rotatable bonds is 3. The van der Waals surface area contributed by atoms with Crippen molar-refractivity contribution in [1.82, 2.24) is 0 Å². The number of carbonyl (C=O) groups is 1. The summed E-state index contributed by atoms with van der Waals surface area (Å²) in [6.07, 6.45) is -0.137. The fourth-order valence-electron chi connectivity index (χ4n) is 1.97. The van der Waals surface area contributed by atoms with Crippen LogP contribution in [0, 0.1) is 0 Å². The summed E-state index contributed by atoms with van der Waals surface area (Å²) in [5, 5.41) is 9.84. The monoisotopic (exact) mass is 295 g/mol. The molecule has 0 aliphatic heterocycles. The molecular formula is C14H11Cl2NO2. The highest BCUT2D eigenvalue weighted by Gasteiger charge is 2.16. The van der Waals surface area contributed by atoms with Gasteiger partial charge in [0.15, 0.2) is 0 Å². The van der Waals surface area contributed by atoms with Crippen molar-refractivity contribution in [2.75, 3.05) is 5.73 Å². The van der Waals surface area contributed by atoms with E-state index in [-0.39, 0.29) is 6.42 Å². The molecule has 0 unspecified atom stereocenters. The van der Waals surface area contributed by atoms with Crippen molar-refractivity contribution in [2.24, 2.45) is 0 Å². The van der Waals surface area contributed by atoms with Crippen LogP contribution >= 0.6 is 23.2 Å². The molecule has 3 nitrogen and oxygen atoms in total. The Labute approximate surface area is 120 Å². The minimum Gasteiger partial charge on any atom is -0.481 e. The summed E-state index contributed by atoms with van der Waals surface area (Å²) >= 11 is 12.3. The Balaban J connectivity index is 2.70. The maximum atomic E-state index is 10.9. The predicted molar refractivity (Wildman–Crippen MR) is 77.7 cm³/mol. The summed E-state index contributed by atoms with van der Waals surface area (Å²) in [5.41, 5.74) is 8.15. The summed E-state index contributed by atoms with van der Waals surface area (Å²) in [6, 6.07) is 10.2. The smallest absolute Gasteiger partial charge is 0.307 e. The molecule has 5 heteroatoms. The van der Waals surface area contributed by atoms with Crippen LogP contribution in [0.15, 0.2) is 36.4 Å². The van der Waals surface area contributed by atoms with Gasteiger partial charge >= 0.3 is 5.97 Å². The molecule has 2 aromatic rings. The Morgan fingerprint density at radius 3 is 2.21 bits per heavy atom. The third-order valence-electron chi connectivity index (χ3n) is 2.74. The molecule has 0 amide bonds. The van der Waals surface area contributed by atoms with E-state index in [9.17, 15) is 4.79 Å². The highest BCUT2D eigenvalue weighted by Crippen LogP contribution is 2.39. The van der Waals surface area contributed by atoms with Crippen LogP contribution in [-0.2, 0) is 11.2 Å². The molecule has 0 bridgehead atoms. The first-order chi connectivity index (χ1) is 9.00. The zero-order chi connectivity index (χ0) is 14.0. The number of carboxylic acid groups (broad SMARTS) is 1. The number of nitrogen functional groups attached to an aromatic ring is 1. The van der Waals surface area contributed by atoms with Crippen molar-refractivity contribution in [2.45, 2.75) is 6.42 Å². The second kappa shape index (κ2) is 5.51. The van der Waals surface area contributed by atoms with Gasteiger partial charge in [0.25, 0.3) is 0 Å². The molecule has 0 heterocycles. The van der Waals surface area contributed by atoms with Crippen LogP contribution in [0.2, 0.25) is 10.0 Å². The van der Waals surface area contributed by atoms with Gasteiger partial charge in [0.1, 0.15) is 0 Å². The van der Waals surface area contributed by atoms with E-state index in [1.807, 2.05) is 0 Å². The van der Waals surface area contributed by atoms with E-state index >= 15 is 0 Å². The molecule has 0 aliphatic carbocycles. The molecular weight excluding hydrogens is 285 g/mol. The highest BCUT2D eigenvalue weighted by atomic mass is 35.5. The number of aliphatic carboxylic acids is 1. The maximum Gasteiger partial charge on any atom is 0.307 e. The maximum absolute atomic E-state index is 10.9. The first-order valence-corrected chi connectivity index (χ1v) is 6.30. The lowest BCUT2D eigenvalue weighted by molar-refractivity contribution is -0.136. The van der Waals surface area contributed by atoms with Crippen molar-refractivity contribution in [3.05, 3.63) is 52.0 Å². The first-order valence-electron chi connectivity index (χ1n) is 5.54. The molecule has 2 aromatic carbocycles. The molecule has 3 N–H and O–H groups in total. The van der Waals surface area contributed by atoms with Crippen molar-refractivity contribution >= 4 is 34.9 Å². The minimum absolute atomic E-state index is 0.137. The van der Waals surface area contributed by atoms with Crippen molar-refractivity contribution in [3.8, 4) is 11.1 Å². The third-order valence-corrected chi connectivity index (χ3v) is 3.37. The molecule has 0 saturated carbocycles. The molecule has 2 rings (SSSR count). The summed E-state index contributed by atoms with van der Waals surface area (Å²) in [5.74, 6) is -0.935. The van der Waals surface area contributed by atoms with Crippen molar-refractivity contribution in [3.63, 3.8) is 0 Å².